The third-order valence-corrected chi connectivity index (χ3v) is 5.82. The summed E-state index contributed by atoms with van der Waals surface area (Å²) in [6.45, 7) is 5.27. The predicted octanol–water partition coefficient (Wildman–Crippen LogP) is 4.60. The standard InChI is InChI=1S/C25H29N3O3/c1-16(2)13-18-5-9-20(10-6-18)24-27-23(28-31-24)19-7-3-17(4-8-19)11-12-26-22-14-21(15-22)25(29)30/h3-10,16,21-22,26H,11-15H2,1-2H3,(H,29,30). The van der Waals surface area contributed by atoms with Crippen molar-refractivity contribution in [3.63, 3.8) is 0 Å². The van der Waals surface area contributed by atoms with Crippen LogP contribution in [0.4, 0.5) is 0 Å². The summed E-state index contributed by atoms with van der Waals surface area (Å²) < 4.78 is 5.48. The molecule has 0 saturated heterocycles. The number of aliphatic carboxylic acids is 1. The second kappa shape index (κ2) is 9.43. The predicted molar refractivity (Wildman–Crippen MR) is 120 cm³/mol. The Kier molecular flexibility index (Phi) is 6.47. The molecule has 1 aliphatic rings. The van der Waals surface area contributed by atoms with Gasteiger partial charge in [-0.2, -0.15) is 4.98 Å². The first-order chi connectivity index (χ1) is 15.0. The highest BCUT2D eigenvalue weighted by atomic mass is 16.5. The van der Waals surface area contributed by atoms with Gasteiger partial charge in [-0.25, -0.2) is 0 Å². The highest BCUT2D eigenvalue weighted by Crippen LogP contribution is 2.27. The SMILES string of the molecule is CC(C)Cc1ccc(-c2nc(-c3ccc(CCNC4CC(C(=O)O)C4)cc3)no2)cc1. The molecule has 162 valence electrons. The average Bonchev–Trinajstić information content (AvgIpc) is 3.20. The molecule has 4 rings (SSSR count). The van der Waals surface area contributed by atoms with Crippen LogP contribution in [0.15, 0.2) is 53.1 Å². The number of carboxylic acids is 1. The highest BCUT2D eigenvalue weighted by molar-refractivity contribution is 5.71. The van der Waals surface area contributed by atoms with Gasteiger partial charge in [-0.1, -0.05) is 55.4 Å². The lowest BCUT2D eigenvalue weighted by Gasteiger charge is -2.33. The van der Waals surface area contributed by atoms with E-state index in [2.05, 4.69) is 53.6 Å². The van der Waals surface area contributed by atoms with Crippen LogP contribution in [0.25, 0.3) is 22.8 Å². The zero-order valence-electron chi connectivity index (χ0n) is 18.0. The van der Waals surface area contributed by atoms with Crippen molar-refractivity contribution in [3.8, 4) is 22.8 Å². The van der Waals surface area contributed by atoms with Gasteiger partial charge in [0.1, 0.15) is 0 Å². The zero-order valence-corrected chi connectivity index (χ0v) is 18.0. The van der Waals surface area contributed by atoms with Crippen molar-refractivity contribution in [3.05, 3.63) is 59.7 Å². The van der Waals surface area contributed by atoms with Crippen LogP contribution in [0.2, 0.25) is 0 Å². The number of rotatable bonds is 9. The number of hydrogen-bond acceptors (Lipinski definition) is 5. The second-order valence-corrected chi connectivity index (χ2v) is 8.82. The van der Waals surface area contributed by atoms with Crippen molar-refractivity contribution in [1.82, 2.24) is 15.5 Å². The van der Waals surface area contributed by atoms with Crippen LogP contribution in [-0.2, 0) is 17.6 Å². The van der Waals surface area contributed by atoms with Gasteiger partial charge >= 0.3 is 5.97 Å². The van der Waals surface area contributed by atoms with Crippen LogP contribution in [0.5, 0.6) is 0 Å². The summed E-state index contributed by atoms with van der Waals surface area (Å²) in [6, 6.07) is 16.8. The topological polar surface area (TPSA) is 88.2 Å². The Bertz CT molecular complexity index is 1000. The molecule has 0 bridgehead atoms. The number of hydrogen-bond donors (Lipinski definition) is 2. The number of carboxylic acid groups (broad SMARTS) is 1. The van der Waals surface area contributed by atoms with Gasteiger partial charge in [0.25, 0.3) is 5.89 Å². The van der Waals surface area contributed by atoms with E-state index in [0.717, 1.165) is 43.4 Å². The number of benzene rings is 2. The number of carbonyl (C=O) groups is 1. The van der Waals surface area contributed by atoms with E-state index in [-0.39, 0.29) is 5.92 Å². The molecule has 2 N–H and O–H groups in total. The Labute approximate surface area is 182 Å². The van der Waals surface area contributed by atoms with E-state index in [0.29, 0.717) is 23.7 Å². The first kappa shape index (κ1) is 21.2. The normalized spacial score (nSPS) is 18.2. The van der Waals surface area contributed by atoms with Gasteiger partial charge in [0.05, 0.1) is 5.92 Å². The molecule has 0 aliphatic heterocycles. The van der Waals surface area contributed by atoms with Gasteiger partial charge in [0.2, 0.25) is 5.82 Å². The average molecular weight is 420 g/mol. The quantitative estimate of drug-likeness (QED) is 0.527. The van der Waals surface area contributed by atoms with Gasteiger partial charge in [-0.05, 0) is 61.4 Å². The van der Waals surface area contributed by atoms with Crippen LogP contribution < -0.4 is 5.32 Å². The number of nitrogens with zero attached hydrogens (tertiary/aromatic N) is 2. The molecule has 2 aromatic carbocycles. The number of nitrogens with one attached hydrogen (secondary N) is 1. The zero-order chi connectivity index (χ0) is 21.8. The smallest absolute Gasteiger partial charge is 0.306 e. The van der Waals surface area contributed by atoms with E-state index in [4.69, 9.17) is 9.63 Å². The van der Waals surface area contributed by atoms with Crippen LogP contribution in [-0.4, -0.2) is 33.8 Å². The van der Waals surface area contributed by atoms with E-state index < -0.39 is 5.97 Å². The minimum absolute atomic E-state index is 0.172. The summed E-state index contributed by atoms with van der Waals surface area (Å²) in [4.78, 5) is 15.4. The largest absolute Gasteiger partial charge is 0.481 e. The summed E-state index contributed by atoms with van der Waals surface area (Å²) in [5.74, 6) is 0.887. The lowest BCUT2D eigenvalue weighted by molar-refractivity contribution is -0.145. The first-order valence-corrected chi connectivity index (χ1v) is 11.0. The molecule has 1 saturated carbocycles. The van der Waals surface area contributed by atoms with E-state index in [1.807, 2.05) is 24.3 Å². The van der Waals surface area contributed by atoms with Crippen LogP contribution in [0.3, 0.4) is 0 Å². The summed E-state index contributed by atoms with van der Waals surface area (Å²) in [6.07, 6.45) is 3.42. The van der Waals surface area contributed by atoms with Gasteiger partial charge in [-0.3, -0.25) is 4.79 Å². The summed E-state index contributed by atoms with van der Waals surface area (Å²) in [5, 5.41) is 16.5. The minimum atomic E-state index is -0.679. The molecule has 1 fully saturated rings. The van der Waals surface area contributed by atoms with Crippen molar-refractivity contribution in [2.45, 2.75) is 45.6 Å². The van der Waals surface area contributed by atoms with E-state index in [1.54, 1.807) is 0 Å². The Balaban J connectivity index is 1.30. The monoisotopic (exact) mass is 419 g/mol. The molecule has 1 heterocycles. The molecule has 3 aromatic rings. The van der Waals surface area contributed by atoms with Crippen LogP contribution in [0, 0.1) is 11.8 Å². The first-order valence-electron chi connectivity index (χ1n) is 11.0. The maximum absolute atomic E-state index is 10.9. The van der Waals surface area contributed by atoms with Crippen molar-refractivity contribution < 1.29 is 14.4 Å². The van der Waals surface area contributed by atoms with Gasteiger partial charge in [-0.15, -0.1) is 0 Å². The Morgan fingerprint density at radius 2 is 1.71 bits per heavy atom. The van der Waals surface area contributed by atoms with E-state index in [1.165, 1.54) is 11.1 Å². The van der Waals surface area contributed by atoms with Crippen molar-refractivity contribution in [2.75, 3.05) is 6.54 Å². The van der Waals surface area contributed by atoms with Crippen LogP contribution in [0.1, 0.15) is 37.8 Å². The highest BCUT2D eigenvalue weighted by Gasteiger charge is 2.33. The summed E-state index contributed by atoms with van der Waals surface area (Å²) in [7, 11) is 0. The fourth-order valence-corrected chi connectivity index (χ4v) is 3.94. The molecule has 1 aromatic heterocycles. The van der Waals surface area contributed by atoms with Crippen LogP contribution >= 0.6 is 0 Å². The molecule has 0 unspecified atom stereocenters. The van der Waals surface area contributed by atoms with Crippen molar-refractivity contribution in [1.29, 1.82) is 0 Å². The Morgan fingerprint density at radius 3 is 2.35 bits per heavy atom. The summed E-state index contributed by atoms with van der Waals surface area (Å²) in [5.41, 5.74) is 4.37. The van der Waals surface area contributed by atoms with Gasteiger partial charge < -0.3 is 14.9 Å². The molecular formula is C25H29N3O3. The molecule has 31 heavy (non-hydrogen) atoms. The fourth-order valence-electron chi connectivity index (χ4n) is 3.94. The van der Waals surface area contributed by atoms with Gasteiger partial charge in [0.15, 0.2) is 0 Å². The van der Waals surface area contributed by atoms with Crippen molar-refractivity contribution in [2.24, 2.45) is 11.8 Å². The second-order valence-electron chi connectivity index (χ2n) is 8.82. The van der Waals surface area contributed by atoms with Crippen molar-refractivity contribution >= 4 is 5.97 Å². The molecule has 0 amide bonds. The lowest BCUT2D eigenvalue weighted by atomic mass is 9.80. The maximum atomic E-state index is 10.9. The molecule has 0 atom stereocenters. The Hall–Kier alpha value is -2.99. The third-order valence-electron chi connectivity index (χ3n) is 5.82. The lowest BCUT2D eigenvalue weighted by Crippen LogP contribution is -2.44. The van der Waals surface area contributed by atoms with E-state index >= 15 is 0 Å². The van der Waals surface area contributed by atoms with E-state index in [9.17, 15) is 4.79 Å². The van der Waals surface area contributed by atoms with Gasteiger partial charge in [0, 0.05) is 17.2 Å². The Morgan fingerprint density at radius 1 is 1.06 bits per heavy atom. The summed E-state index contributed by atoms with van der Waals surface area (Å²) >= 11 is 0. The third kappa shape index (κ3) is 5.39. The fraction of sp³-hybridized carbons (Fsp3) is 0.400. The maximum Gasteiger partial charge on any atom is 0.306 e. The minimum Gasteiger partial charge on any atom is -0.481 e. The molecule has 0 radical (unpaired) electrons. The molecule has 6 heteroatoms. The molecule has 6 nitrogen and oxygen atoms in total. The number of aromatic nitrogens is 2. The molecule has 0 spiro atoms. The molecular weight excluding hydrogens is 390 g/mol. The molecule has 1 aliphatic carbocycles.